The summed E-state index contributed by atoms with van der Waals surface area (Å²) in [5.41, 5.74) is 6.32. The first-order chi connectivity index (χ1) is 11.5. The summed E-state index contributed by atoms with van der Waals surface area (Å²) in [4.78, 5) is 36.8. The molecule has 126 valence electrons. The summed E-state index contributed by atoms with van der Waals surface area (Å²) >= 11 is 1.35. The monoisotopic (exact) mass is 348 g/mol. The highest BCUT2D eigenvalue weighted by atomic mass is 32.1. The first-order valence-corrected chi connectivity index (χ1v) is 8.28. The van der Waals surface area contributed by atoms with Gasteiger partial charge in [0, 0.05) is 4.88 Å². The fraction of sp³-hybridized carbons (Fsp3) is 0.312. The number of furan rings is 1. The SMILES string of the molecule is C[C@@H](OC(=O)c1c(NC(=O)c2ccco2)sc2c1CCC2)C(N)=O. The number of amides is 2. The molecular formula is C16H16N2O5S. The number of esters is 1. The molecule has 0 saturated heterocycles. The highest BCUT2D eigenvalue weighted by Crippen LogP contribution is 2.39. The number of ether oxygens (including phenoxy) is 1. The minimum atomic E-state index is -1.04. The van der Waals surface area contributed by atoms with Crippen LogP contribution in [0.1, 0.15) is 44.7 Å². The Hall–Kier alpha value is -2.61. The molecule has 0 aliphatic heterocycles. The maximum absolute atomic E-state index is 12.5. The zero-order valence-corrected chi connectivity index (χ0v) is 13.8. The Balaban J connectivity index is 1.88. The first-order valence-electron chi connectivity index (χ1n) is 7.47. The van der Waals surface area contributed by atoms with E-state index in [1.54, 1.807) is 6.07 Å². The second-order valence-corrected chi connectivity index (χ2v) is 6.55. The fourth-order valence-corrected chi connectivity index (χ4v) is 3.83. The first kappa shape index (κ1) is 16.3. The number of nitrogens with two attached hydrogens (primary N) is 1. The molecule has 1 aliphatic rings. The van der Waals surface area contributed by atoms with Gasteiger partial charge in [-0.05, 0) is 43.9 Å². The number of nitrogens with one attached hydrogen (secondary N) is 1. The number of carbonyl (C=O) groups excluding carboxylic acids is 3. The summed E-state index contributed by atoms with van der Waals surface area (Å²) in [6.45, 7) is 1.41. The third kappa shape index (κ3) is 3.05. The lowest BCUT2D eigenvalue weighted by Gasteiger charge is -2.11. The molecule has 0 saturated carbocycles. The summed E-state index contributed by atoms with van der Waals surface area (Å²) in [6, 6.07) is 3.14. The van der Waals surface area contributed by atoms with Crippen molar-refractivity contribution >= 4 is 34.1 Å². The van der Waals surface area contributed by atoms with Gasteiger partial charge in [-0.2, -0.15) is 0 Å². The maximum Gasteiger partial charge on any atom is 0.342 e. The van der Waals surface area contributed by atoms with E-state index in [-0.39, 0.29) is 5.76 Å². The molecule has 24 heavy (non-hydrogen) atoms. The molecular weight excluding hydrogens is 332 g/mol. The largest absolute Gasteiger partial charge is 0.459 e. The Kier molecular flexibility index (Phi) is 4.39. The zero-order valence-electron chi connectivity index (χ0n) is 13.0. The minimum Gasteiger partial charge on any atom is -0.459 e. The van der Waals surface area contributed by atoms with E-state index in [1.807, 2.05) is 0 Å². The Labute approximate surface area is 141 Å². The van der Waals surface area contributed by atoms with Gasteiger partial charge in [0.15, 0.2) is 11.9 Å². The zero-order chi connectivity index (χ0) is 17.3. The number of fused-ring (bicyclic) bond motifs is 1. The van der Waals surface area contributed by atoms with Crippen LogP contribution in [-0.2, 0) is 22.4 Å². The van der Waals surface area contributed by atoms with Crippen LogP contribution in [-0.4, -0.2) is 23.9 Å². The molecule has 1 atom stereocenters. The standard InChI is InChI=1S/C16H16N2O5S/c1-8(13(17)19)23-16(21)12-9-4-2-6-11(9)24-15(12)18-14(20)10-5-3-7-22-10/h3,5,7-8H,2,4,6H2,1H3,(H2,17,19)(H,18,20)/t8-/m1/s1. The summed E-state index contributed by atoms with van der Waals surface area (Å²) in [5, 5.41) is 3.10. The Morgan fingerprint density at radius 2 is 2.17 bits per heavy atom. The van der Waals surface area contributed by atoms with E-state index in [4.69, 9.17) is 14.9 Å². The minimum absolute atomic E-state index is 0.147. The summed E-state index contributed by atoms with van der Waals surface area (Å²) in [5.74, 6) is -1.68. The van der Waals surface area contributed by atoms with Gasteiger partial charge in [0.2, 0.25) is 0 Å². The van der Waals surface area contributed by atoms with Crippen molar-refractivity contribution in [2.24, 2.45) is 5.73 Å². The number of aryl methyl sites for hydroxylation is 1. The number of anilines is 1. The summed E-state index contributed by atoms with van der Waals surface area (Å²) in [7, 11) is 0. The van der Waals surface area contributed by atoms with Crippen molar-refractivity contribution in [1.29, 1.82) is 0 Å². The van der Waals surface area contributed by atoms with E-state index < -0.39 is 23.9 Å². The Bertz CT molecular complexity index is 794. The van der Waals surface area contributed by atoms with Crippen LogP contribution in [0, 0.1) is 0 Å². The number of rotatable bonds is 5. The highest BCUT2D eigenvalue weighted by Gasteiger charge is 2.30. The molecule has 3 rings (SSSR count). The van der Waals surface area contributed by atoms with Gasteiger partial charge >= 0.3 is 5.97 Å². The van der Waals surface area contributed by atoms with Crippen molar-refractivity contribution in [1.82, 2.24) is 0 Å². The summed E-state index contributed by atoms with van der Waals surface area (Å²) in [6.07, 6.45) is 2.88. The van der Waals surface area contributed by atoms with Crippen LogP contribution in [0.2, 0.25) is 0 Å². The molecule has 1 aliphatic carbocycles. The van der Waals surface area contributed by atoms with E-state index in [0.717, 1.165) is 29.7 Å². The van der Waals surface area contributed by atoms with Crippen LogP contribution in [0.5, 0.6) is 0 Å². The predicted molar refractivity (Wildman–Crippen MR) is 87.1 cm³/mol. The van der Waals surface area contributed by atoms with Gasteiger partial charge in [0.1, 0.15) is 5.00 Å². The molecule has 7 nitrogen and oxygen atoms in total. The van der Waals surface area contributed by atoms with Gasteiger partial charge in [-0.1, -0.05) is 0 Å². The number of primary amides is 1. The van der Waals surface area contributed by atoms with Crippen molar-refractivity contribution in [3.8, 4) is 0 Å². The van der Waals surface area contributed by atoms with Crippen LogP contribution >= 0.6 is 11.3 Å². The Morgan fingerprint density at radius 1 is 1.38 bits per heavy atom. The molecule has 2 amide bonds. The molecule has 0 spiro atoms. The lowest BCUT2D eigenvalue weighted by atomic mass is 10.1. The van der Waals surface area contributed by atoms with Gasteiger partial charge in [-0.15, -0.1) is 11.3 Å². The van der Waals surface area contributed by atoms with Gasteiger partial charge in [0.05, 0.1) is 11.8 Å². The molecule has 0 aromatic carbocycles. The maximum atomic E-state index is 12.5. The summed E-state index contributed by atoms with van der Waals surface area (Å²) < 4.78 is 10.2. The van der Waals surface area contributed by atoms with E-state index in [9.17, 15) is 14.4 Å². The number of hydrogen-bond acceptors (Lipinski definition) is 6. The van der Waals surface area contributed by atoms with Gasteiger partial charge in [-0.25, -0.2) is 4.79 Å². The molecule has 2 aromatic rings. The van der Waals surface area contributed by atoms with Crippen LogP contribution < -0.4 is 11.1 Å². The predicted octanol–water partition coefficient (Wildman–Crippen LogP) is 2.11. The normalized spacial score (nSPS) is 14.0. The quantitative estimate of drug-likeness (QED) is 0.804. The van der Waals surface area contributed by atoms with Crippen molar-refractivity contribution in [3.05, 3.63) is 40.2 Å². The smallest absolute Gasteiger partial charge is 0.342 e. The molecule has 8 heteroatoms. The van der Waals surface area contributed by atoms with Gasteiger partial charge < -0.3 is 20.2 Å². The second kappa shape index (κ2) is 6.48. The van der Waals surface area contributed by atoms with Crippen molar-refractivity contribution in [2.75, 3.05) is 5.32 Å². The van der Waals surface area contributed by atoms with Crippen molar-refractivity contribution < 1.29 is 23.5 Å². The van der Waals surface area contributed by atoms with E-state index in [1.165, 1.54) is 30.6 Å². The highest BCUT2D eigenvalue weighted by molar-refractivity contribution is 7.17. The molecule has 0 radical (unpaired) electrons. The molecule has 0 bridgehead atoms. The second-order valence-electron chi connectivity index (χ2n) is 5.44. The molecule has 2 aromatic heterocycles. The topological polar surface area (TPSA) is 112 Å². The third-order valence-corrected chi connectivity index (χ3v) is 4.99. The fourth-order valence-electron chi connectivity index (χ4n) is 2.56. The molecule has 3 N–H and O–H groups in total. The van der Waals surface area contributed by atoms with Crippen LogP contribution in [0.25, 0.3) is 0 Å². The average Bonchev–Trinajstić information content (AvgIpc) is 3.23. The number of thiophene rings is 1. The van der Waals surface area contributed by atoms with Gasteiger partial charge in [-0.3, -0.25) is 9.59 Å². The van der Waals surface area contributed by atoms with Crippen molar-refractivity contribution in [3.63, 3.8) is 0 Å². The lowest BCUT2D eigenvalue weighted by molar-refractivity contribution is -0.125. The molecule has 2 heterocycles. The molecule has 0 fully saturated rings. The van der Waals surface area contributed by atoms with Crippen LogP contribution in [0.15, 0.2) is 22.8 Å². The van der Waals surface area contributed by atoms with Crippen molar-refractivity contribution in [2.45, 2.75) is 32.3 Å². The third-order valence-electron chi connectivity index (χ3n) is 3.78. The van der Waals surface area contributed by atoms with E-state index in [0.29, 0.717) is 10.6 Å². The van der Waals surface area contributed by atoms with Gasteiger partial charge in [0.25, 0.3) is 11.8 Å². The van der Waals surface area contributed by atoms with Crippen LogP contribution in [0.3, 0.4) is 0 Å². The number of hydrogen-bond donors (Lipinski definition) is 2. The molecule has 0 unspecified atom stereocenters. The van der Waals surface area contributed by atoms with Crippen LogP contribution in [0.4, 0.5) is 5.00 Å². The van der Waals surface area contributed by atoms with E-state index in [2.05, 4.69) is 5.32 Å². The van der Waals surface area contributed by atoms with E-state index >= 15 is 0 Å². The number of carbonyl (C=O) groups is 3. The Morgan fingerprint density at radius 3 is 2.83 bits per heavy atom. The lowest BCUT2D eigenvalue weighted by Crippen LogP contribution is -2.30. The average molecular weight is 348 g/mol.